The van der Waals surface area contributed by atoms with Crippen molar-refractivity contribution in [2.24, 2.45) is 0 Å². The number of rotatable bonds is 1. The van der Waals surface area contributed by atoms with E-state index in [-0.39, 0.29) is 0 Å². The van der Waals surface area contributed by atoms with E-state index in [2.05, 4.69) is 27.1 Å². The van der Waals surface area contributed by atoms with Gasteiger partial charge in [-0.25, -0.2) is 9.97 Å². The van der Waals surface area contributed by atoms with Crippen molar-refractivity contribution < 1.29 is 0 Å². The summed E-state index contributed by atoms with van der Waals surface area (Å²) < 4.78 is 0. The Morgan fingerprint density at radius 1 is 1.10 bits per heavy atom. The van der Waals surface area contributed by atoms with Gasteiger partial charge in [0.25, 0.3) is 0 Å². The second-order valence-electron chi connectivity index (χ2n) is 5.53. The Balaban J connectivity index is 1.78. The van der Waals surface area contributed by atoms with Crippen LogP contribution in [-0.2, 0) is 12.8 Å². The average Bonchev–Trinajstić information content (AvgIpc) is 2.97. The molecular formula is C16H17N3S. The van der Waals surface area contributed by atoms with Crippen LogP contribution in [0.2, 0.25) is 0 Å². The quantitative estimate of drug-likeness (QED) is 0.678. The van der Waals surface area contributed by atoms with Gasteiger partial charge in [-0.3, -0.25) is 0 Å². The highest BCUT2D eigenvalue weighted by Crippen LogP contribution is 2.34. The molecule has 0 saturated heterocycles. The number of nitrogens with zero attached hydrogens (tertiary/aromatic N) is 2. The number of fused-ring (bicyclic) bond motifs is 2. The topological polar surface area (TPSA) is 41.6 Å². The van der Waals surface area contributed by atoms with Gasteiger partial charge >= 0.3 is 0 Å². The SMILES string of the molecule is Cc1ccc2[nH]c(-c3cc4c(s3)CCCCC4)nc2n1. The first-order valence-electron chi connectivity index (χ1n) is 7.25. The summed E-state index contributed by atoms with van der Waals surface area (Å²) in [5, 5.41) is 0. The molecule has 3 nitrogen and oxygen atoms in total. The molecule has 3 aromatic rings. The lowest BCUT2D eigenvalue weighted by atomic mass is 10.1. The predicted octanol–water partition coefficient (Wildman–Crippen LogP) is 4.26. The number of imidazole rings is 1. The zero-order valence-corrected chi connectivity index (χ0v) is 12.4. The van der Waals surface area contributed by atoms with Crippen molar-refractivity contribution >= 4 is 22.5 Å². The summed E-state index contributed by atoms with van der Waals surface area (Å²) in [5.41, 5.74) is 4.39. The van der Waals surface area contributed by atoms with Gasteiger partial charge < -0.3 is 4.98 Å². The zero-order valence-electron chi connectivity index (χ0n) is 11.6. The Labute approximate surface area is 122 Å². The molecule has 1 N–H and O–H groups in total. The fourth-order valence-electron chi connectivity index (χ4n) is 2.89. The molecule has 0 amide bonds. The van der Waals surface area contributed by atoms with E-state index >= 15 is 0 Å². The molecule has 0 radical (unpaired) electrons. The second-order valence-corrected chi connectivity index (χ2v) is 6.67. The van der Waals surface area contributed by atoms with E-state index in [1.165, 1.54) is 42.5 Å². The smallest absolute Gasteiger partial charge is 0.178 e. The van der Waals surface area contributed by atoms with Crippen molar-refractivity contribution in [3.63, 3.8) is 0 Å². The minimum atomic E-state index is 0.823. The second kappa shape index (κ2) is 4.70. The highest BCUT2D eigenvalue weighted by atomic mass is 32.1. The number of nitrogens with one attached hydrogen (secondary N) is 1. The Kier molecular flexibility index (Phi) is 2.84. The summed E-state index contributed by atoms with van der Waals surface area (Å²) in [6, 6.07) is 6.41. The number of H-pyrrole nitrogens is 1. The molecule has 102 valence electrons. The minimum Gasteiger partial charge on any atom is -0.336 e. The molecule has 4 heteroatoms. The van der Waals surface area contributed by atoms with Crippen LogP contribution in [0.1, 0.15) is 35.4 Å². The van der Waals surface area contributed by atoms with Gasteiger partial charge in [-0.1, -0.05) is 6.42 Å². The van der Waals surface area contributed by atoms with Gasteiger partial charge in [0.2, 0.25) is 0 Å². The van der Waals surface area contributed by atoms with Crippen molar-refractivity contribution in [3.8, 4) is 10.7 Å². The molecule has 0 aromatic carbocycles. The molecule has 0 saturated carbocycles. The van der Waals surface area contributed by atoms with Gasteiger partial charge in [-0.15, -0.1) is 11.3 Å². The van der Waals surface area contributed by atoms with E-state index in [1.54, 1.807) is 4.88 Å². The van der Waals surface area contributed by atoms with Crippen LogP contribution in [0.4, 0.5) is 0 Å². The molecule has 3 aromatic heterocycles. The van der Waals surface area contributed by atoms with E-state index in [0.717, 1.165) is 22.7 Å². The van der Waals surface area contributed by atoms with E-state index < -0.39 is 0 Å². The van der Waals surface area contributed by atoms with Crippen molar-refractivity contribution in [2.75, 3.05) is 0 Å². The normalized spacial score (nSPS) is 15.2. The fourth-order valence-corrected chi connectivity index (χ4v) is 4.09. The molecule has 0 spiro atoms. The number of aromatic nitrogens is 3. The summed E-state index contributed by atoms with van der Waals surface area (Å²) in [5.74, 6) is 0.969. The third kappa shape index (κ3) is 2.04. The first-order valence-corrected chi connectivity index (χ1v) is 8.06. The summed E-state index contributed by atoms with van der Waals surface area (Å²) in [6.07, 6.45) is 6.48. The molecule has 0 atom stereocenters. The molecule has 20 heavy (non-hydrogen) atoms. The number of aromatic amines is 1. The first-order chi connectivity index (χ1) is 9.79. The van der Waals surface area contributed by atoms with Crippen LogP contribution >= 0.6 is 11.3 Å². The highest BCUT2D eigenvalue weighted by molar-refractivity contribution is 7.15. The fraction of sp³-hybridized carbons (Fsp3) is 0.375. The van der Waals surface area contributed by atoms with E-state index in [1.807, 2.05) is 24.3 Å². The van der Waals surface area contributed by atoms with Crippen molar-refractivity contribution in [1.82, 2.24) is 15.0 Å². The van der Waals surface area contributed by atoms with Gasteiger partial charge in [-0.05, 0) is 56.4 Å². The van der Waals surface area contributed by atoms with Crippen LogP contribution in [-0.4, -0.2) is 15.0 Å². The Morgan fingerprint density at radius 3 is 2.95 bits per heavy atom. The van der Waals surface area contributed by atoms with Gasteiger partial charge in [0.1, 0.15) is 0 Å². The molecule has 0 unspecified atom stereocenters. The Morgan fingerprint density at radius 2 is 2.00 bits per heavy atom. The summed E-state index contributed by atoms with van der Waals surface area (Å²) in [4.78, 5) is 15.4. The third-order valence-corrected chi connectivity index (χ3v) is 5.21. The number of aryl methyl sites for hydroxylation is 3. The van der Waals surface area contributed by atoms with E-state index in [4.69, 9.17) is 0 Å². The summed E-state index contributed by atoms with van der Waals surface area (Å²) in [7, 11) is 0. The van der Waals surface area contributed by atoms with Crippen LogP contribution in [0, 0.1) is 6.92 Å². The van der Waals surface area contributed by atoms with E-state index in [9.17, 15) is 0 Å². The monoisotopic (exact) mass is 283 g/mol. The molecule has 4 rings (SSSR count). The molecule has 0 fully saturated rings. The van der Waals surface area contributed by atoms with Crippen molar-refractivity contribution in [2.45, 2.75) is 39.0 Å². The maximum absolute atomic E-state index is 4.65. The summed E-state index contributed by atoms with van der Waals surface area (Å²) >= 11 is 1.90. The maximum Gasteiger partial charge on any atom is 0.178 e. The predicted molar refractivity (Wildman–Crippen MR) is 83.2 cm³/mol. The lowest BCUT2D eigenvalue weighted by Crippen LogP contribution is -1.81. The third-order valence-electron chi connectivity index (χ3n) is 3.97. The van der Waals surface area contributed by atoms with Crippen LogP contribution in [0.25, 0.3) is 21.9 Å². The van der Waals surface area contributed by atoms with Crippen molar-refractivity contribution in [3.05, 3.63) is 34.3 Å². The standard InChI is InChI=1S/C16H17N3S/c1-10-7-8-12-15(17-10)19-16(18-12)14-9-11-5-3-2-4-6-13(11)20-14/h7-9H,2-6H2,1H3,(H,17,18,19). The van der Waals surface area contributed by atoms with Gasteiger partial charge in [0.05, 0.1) is 10.4 Å². The molecular weight excluding hydrogens is 266 g/mol. The van der Waals surface area contributed by atoms with Gasteiger partial charge in [0, 0.05) is 10.6 Å². The molecule has 3 heterocycles. The lowest BCUT2D eigenvalue weighted by Gasteiger charge is -1.92. The number of pyridine rings is 1. The zero-order chi connectivity index (χ0) is 13.5. The Hall–Kier alpha value is -1.68. The number of thiophene rings is 1. The molecule has 0 aliphatic heterocycles. The molecule has 0 bridgehead atoms. The van der Waals surface area contributed by atoms with Crippen LogP contribution in [0.15, 0.2) is 18.2 Å². The van der Waals surface area contributed by atoms with Gasteiger partial charge in [-0.2, -0.15) is 0 Å². The average molecular weight is 283 g/mol. The number of hydrogen-bond acceptors (Lipinski definition) is 3. The Bertz CT molecular complexity index is 746. The maximum atomic E-state index is 4.65. The van der Waals surface area contributed by atoms with Crippen LogP contribution in [0.3, 0.4) is 0 Å². The first kappa shape index (κ1) is 12.1. The van der Waals surface area contributed by atoms with Crippen LogP contribution in [0.5, 0.6) is 0 Å². The molecule has 1 aliphatic rings. The summed E-state index contributed by atoms with van der Waals surface area (Å²) in [6.45, 7) is 2.00. The number of hydrogen-bond donors (Lipinski definition) is 1. The molecule has 1 aliphatic carbocycles. The minimum absolute atomic E-state index is 0.823. The van der Waals surface area contributed by atoms with E-state index in [0.29, 0.717) is 0 Å². The van der Waals surface area contributed by atoms with Crippen LogP contribution < -0.4 is 0 Å². The van der Waals surface area contributed by atoms with Gasteiger partial charge in [0.15, 0.2) is 11.5 Å². The largest absolute Gasteiger partial charge is 0.336 e. The highest BCUT2D eigenvalue weighted by Gasteiger charge is 2.15. The van der Waals surface area contributed by atoms with Crippen molar-refractivity contribution in [1.29, 1.82) is 0 Å². The lowest BCUT2D eigenvalue weighted by molar-refractivity contribution is 0.713.